The van der Waals surface area contributed by atoms with Gasteiger partial charge in [0, 0.05) is 12.1 Å². The Bertz CT molecular complexity index is 1340. The number of aryl methyl sites for hydroxylation is 2. The predicted molar refractivity (Wildman–Crippen MR) is 127 cm³/mol. The van der Waals surface area contributed by atoms with Gasteiger partial charge < -0.3 is 30.3 Å². The summed E-state index contributed by atoms with van der Waals surface area (Å²) in [5, 5.41) is 50.5. The van der Waals surface area contributed by atoms with Gasteiger partial charge in [0.1, 0.15) is 18.3 Å². The number of aromatic nitrogens is 2. The van der Waals surface area contributed by atoms with Crippen molar-refractivity contribution in [3.05, 3.63) is 74.7 Å². The van der Waals surface area contributed by atoms with Crippen molar-refractivity contribution in [3.63, 3.8) is 0 Å². The lowest BCUT2D eigenvalue weighted by Gasteiger charge is -2.23. The van der Waals surface area contributed by atoms with Crippen LogP contribution in [-0.2, 0) is 13.1 Å². The maximum absolute atomic E-state index is 13.3. The highest BCUT2D eigenvalue weighted by Crippen LogP contribution is 2.18. The summed E-state index contributed by atoms with van der Waals surface area (Å²) in [5.74, 6) is -1.53. The summed E-state index contributed by atoms with van der Waals surface area (Å²) in [7, 11) is 0. The summed E-state index contributed by atoms with van der Waals surface area (Å²) in [5.41, 5.74) is 3.21. The van der Waals surface area contributed by atoms with Crippen molar-refractivity contribution >= 4 is 22.8 Å². The van der Waals surface area contributed by atoms with Gasteiger partial charge in [-0.1, -0.05) is 12.1 Å². The van der Waals surface area contributed by atoms with Crippen molar-refractivity contribution in [2.24, 2.45) is 0 Å². The highest BCUT2D eigenvalue weighted by atomic mass is 16.5. The smallest absolute Gasteiger partial charge is 0.282 e. The molecule has 1 aromatic heterocycles. The van der Waals surface area contributed by atoms with Crippen LogP contribution in [0.5, 0.6) is 0 Å². The lowest BCUT2D eigenvalue weighted by molar-refractivity contribution is -0.0805. The number of rotatable bonds is 9. The molecule has 3 unspecified atom stereocenters. The number of hydrogen-bond donors (Lipinski definition) is 7. The van der Waals surface area contributed by atoms with E-state index in [1.807, 2.05) is 13.8 Å². The van der Waals surface area contributed by atoms with Gasteiger partial charge in [-0.2, -0.15) is 0 Å². The maximum atomic E-state index is 13.3. The SMILES string of the molecule is Cc1cc2nc(C(=O)NCc3cccc(C(=O)NO)c3)c(=O)n(CC(O)C(O)C(O)CO)c2cc1C. The molecule has 0 aliphatic carbocycles. The monoisotopic (exact) mass is 500 g/mol. The van der Waals surface area contributed by atoms with E-state index in [1.54, 1.807) is 24.3 Å². The van der Waals surface area contributed by atoms with E-state index in [2.05, 4.69) is 10.3 Å². The molecule has 0 saturated carbocycles. The molecule has 0 radical (unpaired) electrons. The van der Waals surface area contributed by atoms with Crippen LogP contribution in [0.2, 0.25) is 0 Å². The molecule has 3 atom stereocenters. The Morgan fingerprint density at radius 3 is 2.39 bits per heavy atom. The summed E-state index contributed by atoms with van der Waals surface area (Å²) in [6.07, 6.45) is -5.00. The second-order valence-corrected chi connectivity index (χ2v) is 8.43. The van der Waals surface area contributed by atoms with E-state index in [9.17, 15) is 29.7 Å². The quantitative estimate of drug-likeness (QED) is 0.144. The highest BCUT2D eigenvalue weighted by Gasteiger charge is 2.27. The molecule has 1 heterocycles. The summed E-state index contributed by atoms with van der Waals surface area (Å²) >= 11 is 0. The van der Waals surface area contributed by atoms with Crippen molar-refractivity contribution < 1.29 is 35.2 Å². The standard InChI is InChI=1S/C24H28N4O8/c1-12-6-16-17(7-13(12)2)28(10-18(30)21(32)19(31)11-29)24(35)20(26-16)23(34)25-9-14-4-3-5-15(8-14)22(33)27-36/h3-8,18-19,21,29-32,36H,9-11H2,1-2H3,(H,25,34)(H,27,33). The van der Waals surface area contributed by atoms with Gasteiger partial charge in [-0.15, -0.1) is 0 Å². The fourth-order valence-corrected chi connectivity index (χ4v) is 3.64. The summed E-state index contributed by atoms with van der Waals surface area (Å²) in [6, 6.07) is 9.47. The average Bonchev–Trinajstić information content (AvgIpc) is 2.88. The Hall–Kier alpha value is -3.68. The number of nitrogens with one attached hydrogen (secondary N) is 2. The Balaban J connectivity index is 1.97. The van der Waals surface area contributed by atoms with Crippen molar-refractivity contribution in [1.82, 2.24) is 20.3 Å². The Morgan fingerprint density at radius 2 is 1.72 bits per heavy atom. The molecule has 2 aromatic carbocycles. The molecule has 0 fully saturated rings. The molecule has 0 spiro atoms. The van der Waals surface area contributed by atoms with Gasteiger partial charge in [0.2, 0.25) is 0 Å². The molecule has 2 amide bonds. The van der Waals surface area contributed by atoms with Crippen molar-refractivity contribution in [3.8, 4) is 0 Å². The van der Waals surface area contributed by atoms with Crippen LogP contribution in [0.4, 0.5) is 0 Å². The molecule has 3 rings (SSSR count). The first-order valence-corrected chi connectivity index (χ1v) is 11.1. The van der Waals surface area contributed by atoms with E-state index in [1.165, 1.54) is 17.6 Å². The van der Waals surface area contributed by atoms with Crippen LogP contribution in [0, 0.1) is 13.8 Å². The van der Waals surface area contributed by atoms with Crippen LogP contribution < -0.4 is 16.4 Å². The van der Waals surface area contributed by atoms with Crippen molar-refractivity contribution in [1.29, 1.82) is 0 Å². The summed E-state index contributed by atoms with van der Waals surface area (Å²) in [4.78, 5) is 42.1. The topological polar surface area (TPSA) is 194 Å². The minimum absolute atomic E-state index is 0.0541. The lowest BCUT2D eigenvalue weighted by atomic mass is 10.1. The molecule has 0 aliphatic heterocycles. The number of carbonyl (C=O) groups is 2. The van der Waals surface area contributed by atoms with E-state index >= 15 is 0 Å². The largest absolute Gasteiger partial charge is 0.394 e. The van der Waals surface area contributed by atoms with Gasteiger partial charge in [0.05, 0.1) is 24.2 Å². The molecule has 192 valence electrons. The second-order valence-electron chi connectivity index (χ2n) is 8.43. The molecule has 12 nitrogen and oxygen atoms in total. The predicted octanol–water partition coefficient (Wildman–Crippen LogP) is -0.863. The van der Waals surface area contributed by atoms with Crippen molar-refractivity contribution in [2.75, 3.05) is 6.61 Å². The normalized spacial score (nSPS) is 13.8. The van der Waals surface area contributed by atoms with E-state index < -0.39 is 54.5 Å². The second kappa shape index (κ2) is 11.4. The Kier molecular flexibility index (Phi) is 8.50. The number of carbonyl (C=O) groups excluding carboxylic acids is 2. The van der Waals surface area contributed by atoms with Crippen LogP contribution in [0.15, 0.2) is 41.2 Å². The average molecular weight is 501 g/mol. The number of benzene rings is 2. The zero-order chi connectivity index (χ0) is 26.6. The third-order valence-corrected chi connectivity index (χ3v) is 5.87. The van der Waals surface area contributed by atoms with Gasteiger partial charge in [-0.05, 0) is 54.8 Å². The Labute approximate surface area is 205 Å². The van der Waals surface area contributed by atoms with Gasteiger partial charge in [0.15, 0.2) is 5.69 Å². The molecule has 12 heteroatoms. The minimum Gasteiger partial charge on any atom is -0.394 e. The molecule has 7 N–H and O–H groups in total. The molecule has 36 heavy (non-hydrogen) atoms. The fraction of sp³-hybridized carbons (Fsp3) is 0.333. The van der Waals surface area contributed by atoms with Crippen LogP contribution in [0.25, 0.3) is 11.0 Å². The number of amides is 2. The zero-order valence-corrected chi connectivity index (χ0v) is 19.7. The lowest BCUT2D eigenvalue weighted by Crippen LogP contribution is -2.44. The number of hydroxylamine groups is 1. The van der Waals surface area contributed by atoms with Crippen LogP contribution >= 0.6 is 0 Å². The minimum atomic E-state index is -1.74. The van der Waals surface area contributed by atoms with E-state index in [0.29, 0.717) is 16.6 Å². The highest BCUT2D eigenvalue weighted by molar-refractivity contribution is 5.94. The van der Waals surface area contributed by atoms with Crippen LogP contribution in [-0.4, -0.2) is 71.9 Å². The first-order valence-electron chi connectivity index (χ1n) is 11.1. The summed E-state index contributed by atoms with van der Waals surface area (Å²) in [6.45, 7) is 2.32. The molecular weight excluding hydrogens is 472 g/mol. The van der Waals surface area contributed by atoms with Crippen LogP contribution in [0.3, 0.4) is 0 Å². The van der Waals surface area contributed by atoms with Crippen LogP contribution in [0.1, 0.15) is 37.5 Å². The Morgan fingerprint density at radius 1 is 1.03 bits per heavy atom. The number of nitrogens with zero attached hydrogens (tertiary/aromatic N) is 2. The van der Waals surface area contributed by atoms with E-state index in [4.69, 9.17) is 10.3 Å². The van der Waals surface area contributed by atoms with Gasteiger partial charge in [0.25, 0.3) is 17.4 Å². The number of aliphatic hydroxyl groups excluding tert-OH is 4. The van der Waals surface area contributed by atoms with Gasteiger partial charge in [-0.25, -0.2) is 10.5 Å². The molecule has 3 aromatic rings. The van der Waals surface area contributed by atoms with E-state index in [-0.39, 0.29) is 12.1 Å². The van der Waals surface area contributed by atoms with Crippen molar-refractivity contribution in [2.45, 2.75) is 45.2 Å². The fourth-order valence-electron chi connectivity index (χ4n) is 3.64. The third kappa shape index (κ3) is 5.75. The third-order valence-electron chi connectivity index (χ3n) is 5.87. The van der Waals surface area contributed by atoms with Gasteiger partial charge in [-0.3, -0.25) is 19.6 Å². The summed E-state index contributed by atoms with van der Waals surface area (Å²) < 4.78 is 1.09. The number of hydrogen-bond acceptors (Lipinski definition) is 9. The molecule has 0 bridgehead atoms. The first-order chi connectivity index (χ1) is 17.1. The van der Waals surface area contributed by atoms with E-state index in [0.717, 1.165) is 15.7 Å². The number of fused-ring (bicyclic) bond motifs is 1. The molecular formula is C24H28N4O8. The maximum Gasteiger partial charge on any atom is 0.282 e. The first kappa shape index (κ1) is 26.9. The zero-order valence-electron chi connectivity index (χ0n) is 19.7. The molecule has 0 saturated heterocycles. The van der Waals surface area contributed by atoms with Gasteiger partial charge >= 0.3 is 0 Å². The molecule has 0 aliphatic rings. The number of aliphatic hydroxyl groups is 4.